The summed E-state index contributed by atoms with van der Waals surface area (Å²) in [5.41, 5.74) is 2.59. The number of thiazole rings is 1. The van der Waals surface area contributed by atoms with Gasteiger partial charge in [0.05, 0.1) is 4.70 Å². The molecule has 3 aromatic rings. The van der Waals surface area contributed by atoms with Crippen LogP contribution in [0.15, 0.2) is 41.2 Å². The molecule has 0 spiro atoms. The van der Waals surface area contributed by atoms with E-state index in [1.54, 1.807) is 18.2 Å². The molecule has 1 aromatic heterocycles. The highest BCUT2D eigenvalue weighted by Crippen LogP contribution is 2.28. The first-order valence-corrected chi connectivity index (χ1v) is 17.0. The molecule has 0 unspecified atom stereocenters. The number of aromatic hydroxyl groups is 1. The van der Waals surface area contributed by atoms with Gasteiger partial charge in [0.2, 0.25) is 5.91 Å². The molecule has 0 fully saturated rings. The second-order valence-electron chi connectivity index (χ2n) is 11.3. The van der Waals surface area contributed by atoms with Gasteiger partial charge in [-0.15, -0.1) is 0 Å². The number of hydrogen-bond acceptors (Lipinski definition) is 8. The number of amides is 1. The molecule has 0 aliphatic heterocycles. The lowest BCUT2D eigenvalue weighted by atomic mass is 10.0. The van der Waals surface area contributed by atoms with Crippen molar-refractivity contribution in [3.63, 3.8) is 0 Å². The van der Waals surface area contributed by atoms with E-state index in [0.29, 0.717) is 38.1 Å². The molecule has 1 amide bonds. The zero-order chi connectivity index (χ0) is 39.5. The third kappa shape index (κ3) is 17.3. The largest absolute Gasteiger partial charge is 0.506 e. The van der Waals surface area contributed by atoms with E-state index in [2.05, 4.69) is 34.4 Å². The van der Waals surface area contributed by atoms with Crippen molar-refractivity contribution in [1.29, 1.82) is 0 Å². The molecule has 3 rings (SSSR count). The lowest BCUT2D eigenvalue weighted by Crippen LogP contribution is -2.45. The van der Waals surface area contributed by atoms with Crippen molar-refractivity contribution < 1.29 is 60.4 Å². The normalized spacial score (nSPS) is 11.4. The second kappa shape index (κ2) is 22.7. The number of aromatic amines is 1. The summed E-state index contributed by atoms with van der Waals surface area (Å²) in [4.78, 5) is 47.3. The fraction of sp³-hybridized carbons (Fsp3) is 0.515. The minimum Gasteiger partial charge on any atom is -0.506 e. The predicted octanol–water partition coefficient (Wildman–Crippen LogP) is 5.85. The zero-order valence-electron chi connectivity index (χ0n) is 28.5. The van der Waals surface area contributed by atoms with Gasteiger partial charge in [0.1, 0.15) is 17.1 Å². The number of carbonyl (C=O) groups excluding carboxylic acids is 1. The number of nitrogens with zero attached hydrogens (tertiary/aromatic N) is 1. The molecule has 0 aliphatic carbocycles. The van der Waals surface area contributed by atoms with Gasteiger partial charge in [0, 0.05) is 32.1 Å². The molecule has 6 N–H and O–H groups in total. The van der Waals surface area contributed by atoms with Crippen molar-refractivity contribution in [1.82, 2.24) is 20.5 Å². The number of hydrogen-bond donors (Lipinski definition) is 6. The van der Waals surface area contributed by atoms with Crippen LogP contribution in [0.3, 0.4) is 0 Å². The van der Waals surface area contributed by atoms with Gasteiger partial charge in [-0.25, -0.2) is 14.0 Å². The van der Waals surface area contributed by atoms with Crippen LogP contribution in [-0.4, -0.2) is 94.2 Å². The lowest BCUT2D eigenvalue weighted by molar-refractivity contribution is -0.193. The van der Waals surface area contributed by atoms with Crippen molar-refractivity contribution in [2.24, 2.45) is 0 Å². The summed E-state index contributed by atoms with van der Waals surface area (Å²) >= 11 is 1.12. The van der Waals surface area contributed by atoms with Crippen molar-refractivity contribution in [2.45, 2.75) is 77.2 Å². The first-order chi connectivity index (χ1) is 24.3. The van der Waals surface area contributed by atoms with Gasteiger partial charge >= 0.3 is 29.2 Å². The molecule has 2 aromatic carbocycles. The zero-order valence-corrected chi connectivity index (χ0v) is 29.3. The Hall–Kier alpha value is -4.23. The standard InChI is InChI=1S/C29H41FN4O3S.2C2HF3O2/c1-3-5-24(6-4-2)34(26(36)15-18-31-16-13-21-7-10-23(30)11-8-21)20-19-32-17-14-22-9-12-25(35)27-28(22)38-29(37)33-27;2*3-2(4,5)1(6)7/h7-12,24,31-32,35H,3-6,13-20H2,1-2H3,(H,33,37);2*(H,6,7). The van der Waals surface area contributed by atoms with Crippen LogP contribution in [0.2, 0.25) is 0 Å². The number of rotatable bonds is 17. The Morgan fingerprint density at radius 3 is 1.87 bits per heavy atom. The fourth-order valence-corrected chi connectivity index (χ4v) is 5.70. The fourth-order valence-electron chi connectivity index (χ4n) is 4.80. The SMILES string of the molecule is CCCC(CCC)N(CCNCCc1ccc(O)c2[nH]c(=O)sc12)C(=O)CCNCCc1ccc(F)cc1.O=C(O)C(F)(F)F.O=C(O)C(F)(F)F. The number of alkyl halides is 6. The summed E-state index contributed by atoms with van der Waals surface area (Å²) in [6.07, 6.45) is -4.13. The molecule has 0 aliphatic rings. The number of carboxylic acid groups (broad SMARTS) is 2. The van der Waals surface area contributed by atoms with E-state index in [9.17, 15) is 45.4 Å². The van der Waals surface area contributed by atoms with E-state index < -0.39 is 24.3 Å². The van der Waals surface area contributed by atoms with Crippen molar-refractivity contribution in [3.05, 3.63) is 63.0 Å². The van der Waals surface area contributed by atoms with Crippen LogP contribution in [0.25, 0.3) is 10.2 Å². The van der Waals surface area contributed by atoms with Gasteiger partial charge in [-0.3, -0.25) is 9.59 Å². The van der Waals surface area contributed by atoms with Gasteiger partial charge in [0.15, 0.2) is 0 Å². The highest BCUT2D eigenvalue weighted by Gasteiger charge is 2.38. The summed E-state index contributed by atoms with van der Waals surface area (Å²) in [6.45, 7) is 7.74. The van der Waals surface area contributed by atoms with Crippen LogP contribution >= 0.6 is 11.3 Å². The molecule has 0 saturated carbocycles. The summed E-state index contributed by atoms with van der Waals surface area (Å²) < 4.78 is 77.3. The van der Waals surface area contributed by atoms with Gasteiger partial charge in [-0.05, 0) is 68.1 Å². The summed E-state index contributed by atoms with van der Waals surface area (Å²) in [6, 6.07) is 10.3. The lowest BCUT2D eigenvalue weighted by Gasteiger charge is -2.32. The van der Waals surface area contributed by atoms with E-state index in [-0.39, 0.29) is 28.4 Å². The van der Waals surface area contributed by atoms with Gasteiger partial charge in [0.25, 0.3) is 0 Å². The monoisotopic (exact) mass is 772 g/mol. The number of H-pyrrole nitrogens is 1. The summed E-state index contributed by atoms with van der Waals surface area (Å²) in [5, 5.41) is 31.1. The Labute approximate surface area is 298 Å². The minimum atomic E-state index is -5.08. The molecule has 0 saturated heterocycles. The molecule has 0 bridgehead atoms. The topological polar surface area (TPSA) is 172 Å². The molecular formula is C33H43F7N4O7S. The molecule has 1 heterocycles. The average molecular weight is 773 g/mol. The third-order valence-corrected chi connectivity index (χ3v) is 8.21. The number of fused-ring (bicyclic) bond motifs is 1. The van der Waals surface area contributed by atoms with E-state index >= 15 is 0 Å². The third-order valence-electron chi connectivity index (χ3n) is 7.25. The Bertz CT molecular complexity index is 1570. The van der Waals surface area contributed by atoms with Crippen molar-refractivity contribution in [3.8, 4) is 5.75 Å². The number of carboxylic acids is 2. The number of aromatic nitrogens is 1. The molecule has 292 valence electrons. The maximum absolute atomic E-state index is 13.2. The first kappa shape index (κ1) is 45.8. The van der Waals surface area contributed by atoms with E-state index in [1.165, 1.54) is 12.1 Å². The predicted molar refractivity (Wildman–Crippen MR) is 181 cm³/mol. The number of carbonyl (C=O) groups is 3. The van der Waals surface area contributed by atoms with E-state index in [4.69, 9.17) is 19.8 Å². The minimum absolute atomic E-state index is 0.0899. The van der Waals surface area contributed by atoms with E-state index in [0.717, 1.165) is 72.2 Å². The van der Waals surface area contributed by atoms with Crippen LogP contribution in [0.4, 0.5) is 30.7 Å². The summed E-state index contributed by atoms with van der Waals surface area (Å²) in [5.74, 6) is -5.48. The van der Waals surface area contributed by atoms with E-state index in [1.807, 2.05) is 6.07 Å². The quantitative estimate of drug-likeness (QED) is 0.0727. The Kier molecular flexibility index (Phi) is 19.9. The molecule has 19 heteroatoms. The highest BCUT2D eigenvalue weighted by atomic mass is 32.1. The smallest absolute Gasteiger partial charge is 0.490 e. The average Bonchev–Trinajstić information content (AvgIpc) is 3.46. The molecular weight excluding hydrogens is 729 g/mol. The number of phenols is 1. The van der Waals surface area contributed by atoms with Gasteiger partial charge in [-0.2, -0.15) is 26.3 Å². The Morgan fingerprint density at radius 1 is 0.827 bits per heavy atom. The first-order valence-electron chi connectivity index (χ1n) is 16.2. The van der Waals surface area contributed by atoms with Crippen molar-refractivity contribution in [2.75, 3.05) is 32.7 Å². The molecule has 52 heavy (non-hydrogen) atoms. The molecule has 11 nitrogen and oxygen atoms in total. The maximum atomic E-state index is 13.2. The van der Waals surface area contributed by atoms with Crippen LogP contribution in [0.5, 0.6) is 5.75 Å². The summed E-state index contributed by atoms with van der Waals surface area (Å²) in [7, 11) is 0. The number of aliphatic carboxylic acids is 2. The van der Waals surface area contributed by atoms with Crippen LogP contribution in [0, 0.1) is 5.82 Å². The number of halogens is 7. The molecule has 0 atom stereocenters. The Morgan fingerprint density at radius 2 is 1.35 bits per heavy atom. The van der Waals surface area contributed by atoms with Crippen LogP contribution in [-0.2, 0) is 27.2 Å². The van der Waals surface area contributed by atoms with Crippen LogP contribution in [0.1, 0.15) is 57.1 Å². The number of nitrogens with one attached hydrogen (secondary N) is 3. The van der Waals surface area contributed by atoms with Crippen molar-refractivity contribution >= 4 is 39.4 Å². The molecule has 0 radical (unpaired) electrons. The number of benzene rings is 2. The highest BCUT2D eigenvalue weighted by molar-refractivity contribution is 7.16. The second-order valence-corrected chi connectivity index (χ2v) is 12.2. The Balaban J connectivity index is 0.000000812. The van der Waals surface area contributed by atoms with Gasteiger partial charge in [-0.1, -0.05) is 56.2 Å². The maximum Gasteiger partial charge on any atom is 0.490 e. The van der Waals surface area contributed by atoms with Crippen LogP contribution < -0.4 is 15.5 Å². The number of phenolic OH excluding ortho intramolecular Hbond substituents is 1. The van der Waals surface area contributed by atoms with Gasteiger partial charge < -0.3 is 35.8 Å².